The van der Waals surface area contributed by atoms with Crippen LogP contribution >= 0.6 is 0 Å². The standard InChI is InChI=1S/C14H27N3O/c1-5-8-14(9-6-2)11(7-3)12(14)10(4)16-17-13(15)18/h11-12H,5-9H2,1-4H3,(H3,15,17,18)/b16-10-/t11-,12-/m0/s1. The summed E-state index contributed by atoms with van der Waals surface area (Å²) >= 11 is 0. The lowest BCUT2D eigenvalue weighted by Gasteiger charge is -2.16. The molecule has 104 valence electrons. The number of nitrogens with zero attached hydrogens (tertiary/aromatic N) is 1. The second-order valence-electron chi connectivity index (χ2n) is 5.45. The number of carbonyl (C=O) groups is 1. The van der Waals surface area contributed by atoms with Gasteiger partial charge in [-0.15, -0.1) is 0 Å². The minimum atomic E-state index is -0.584. The van der Waals surface area contributed by atoms with Crippen molar-refractivity contribution in [2.24, 2.45) is 28.1 Å². The van der Waals surface area contributed by atoms with E-state index in [1.54, 1.807) is 0 Å². The number of hydrogen-bond donors (Lipinski definition) is 2. The molecule has 1 fully saturated rings. The summed E-state index contributed by atoms with van der Waals surface area (Å²) in [7, 11) is 0. The van der Waals surface area contributed by atoms with Gasteiger partial charge in [-0.25, -0.2) is 10.2 Å². The molecule has 0 aromatic heterocycles. The molecule has 0 bridgehead atoms. The van der Waals surface area contributed by atoms with Crippen LogP contribution in [0.1, 0.15) is 59.8 Å². The fourth-order valence-electron chi connectivity index (χ4n) is 3.88. The van der Waals surface area contributed by atoms with Gasteiger partial charge in [-0.1, -0.05) is 40.0 Å². The number of hydrogen-bond acceptors (Lipinski definition) is 2. The van der Waals surface area contributed by atoms with Crippen molar-refractivity contribution < 1.29 is 4.79 Å². The molecule has 0 aromatic rings. The molecule has 0 heterocycles. The van der Waals surface area contributed by atoms with Crippen LogP contribution in [0.25, 0.3) is 0 Å². The summed E-state index contributed by atoms with van der Waals surface area (Å²) in [6, 6.07) is -0.584. The van der Waals surface area contributed by atoms with E-state index < -0.39 is 6.03 Å². The fourth-order valence-corrected chi connectivity index (χ4v) is 3.88. The number of hydrazone groups is 1. The summed E-state index contributed by atoms with van der Waals surface area (Å²) < 4.78 is 0. The quantitative estimate of drug-likeness (QED) is 0.530. The van der Waals surface area contributed by atoms with Crippen LogP contribution in [0.15, 0.2) is 5.10 Å². The lowest BCUT2D eigenvalue weighted by atomic mass is 9.89. The second kappa shape index (κ2) is 6.21. The molecule has 0 aliphatic heterocycles. The van der Waals surface area contributed by atoms with Crippen molar-refractivity contribution in [1.29, 1.82) is 0 Å². The fraction of sp³-hybridized carbons (Fsp3) is 0.857. The van der Waals surface area contributed by atoms with Crippen molar-refractivity contribution in [3.8, 4) is 0 Å². The van der Waals surface area contributed by atoms with Gasteiger partial charge in [0.25, 0.3) is 0 Å². The zero-order valence-corrected chi connectivity index (χ0v) is 12.1. The minimum Gasteiger partial charge on any atom is -0.350 e. The number of rotatable bonds is 7. The van der Waals surface area contributed by atoms with E-state index in [1.165, 1.54) is 32.1 Å². The predicted octanol–water partition coefficient (Wildman–Crippen LogP) is 3.27. The van der Waals surface area contributed by atoms with Gasteiger partial charge in [0, 0.05) is 11.6 Å². The van der Waals surface area contributed by atoms with Gasteiger partial charge in [-0.05, 0) is 31.1 Å². The molecule has 1 aliphatic carbocycles. The topological polar surface area (TPSA) is 67.5 Å². The summed E-state index contributed by atoms with van der Waals surface area (Å²) in [4.78, 5) is 10.7. The van der Waals surface area contributed by atoms with Crippen LogP contribution < -0.4 is 11.2 Å². The summed E-state index contributed by atoms with van der Waals surface area (Å²) in [5.41, 5.74) is 8.87. The average Bonchev–Trinajstić information content (AvgIpc) is 2.94. The van der Waals surface area contributed by atoms with Crippen molar-refractivity contribution in [2.45, 2.75) is 59.8 Å². The number of urea groups is 1. The van der Waals surface area contributed by atoms with Crippen LogP contribution in [0, 0.1) is 17.3 Å². The lowest BCUT2D eigenvalue weighted by molar-refractivity contribution is 0.249. The lowest BCUT2D eigenvalue weighted by Crippen LogP contribution is -2.26. The molecule has 1 saturated carbocycles. The molecule has 0 aromatic carbocycles. The number of nitrogens with two attached hydrogens (primary N) is 1. The Labute approximate surface area is 110 Å². The summed E-state index contributed by atoms with van der Waals surface area (Å²) in [6.45, 7) is 8.75. The van der Waals surface area contributed by atoms with Crippen LogP contribution in [0.3, 0.4) is 0 Å². The maximum atomic E-state index is 10.7. The first-order chi connectivity index (χ1) is 8.53. The highest BCUT2D eigenvalue weighted by molar-refractivity contribution is 5.89. The zero-order valence-electron chi connectivity index (χ0n) is 12.1. The summed E-state index contributed by atoms with van der Waals surface area (Å²) in [5.74, 6) is 1.24. The van der Waals surface area contributed by atoms with Crippen LogP contribution in [0.4, 0.5) is 4.79 Å². The molecule has 4 heteroatoms. The first-order valence-electron chi connectivity index (χ1n) is 7.13. The summed E-state index contributed by atoms with van der Waals surface area (Å²) in [5, 5.41) is 4.14. The monoisotopic (exact) mass is 253 g/mol. The molecule has 3 N–H and O–H groups in total. The van der Waals surface area contributed by atoms with E-state index in [1.807, 2.05) is 6.92 Å². The molecular weight excluding hydrogens is 226 g/mol. The molecule has 0 radical (unpaired) electrons. The van der Waals surface area contributed by atoms with Crippen LogP contribution in [-0.4, -0.2) is 11.7 Å². The van der Waals surface area contributed by atoms with Gasteiger partial charge in [0.15, 0.2) is 0 Å². The van der Waals surface area contributed by atoms with E-state index >= 15 is 0 Å². The van der Waals surface area contributed by atoms with Gasteiger partial charge in [0.2, 0.25) is 0 Å². The smallest absolute Gasteiger partial charge is 0.332 e. The third-order valence-corrected chi connectivity index (χ3v) is 4.31. The maximum absolute atomic E-state index is 10.7. The van der Waals surface area contributed by atoms with E-state index in [4.69, 9.17) is 5.73 Å². The van der Waals surface area contributed by atoms with Gasteiger partial charge < -0.3 is 5.73 Å². The number of amides is 2. The molecule has 0 saturated heterocycles. The van der Waals surface area contributed by atoms with Gasteiger partial charge in [0.1, 0.15) is 0 Å². The van der Waals surface area contributed by atoms with Gasteiger partial charge in [0.05, 0.1) is 0 Å². The molecule has 0 spiro atoms. The summed E-state index contributed by atoms with van der Waals surface area (Å²) in [6.07, 6.45) is 6.13. The van der Waals surface area contributed by atoms with Crippen molar-refractivity contribution in [2.75, 3.05) is 0 Å². The Hall–Kier alpha value is -1.06. The van der Waals surface area contributed by atoms with Crippen LogP contribution in [0.5, 0.6) is 0 Å². The Morgan fingerprint density at radius 2 is 1.83 bits per heavy atom. The molecule has 18 heavy (non-hydrogen) atoms. The molecule has 1 aliphatic rings. The highest BCUT2D eigenvalue weighted by atomic mass is 16.2. The normalized spacial score (nSPS) is 25.9. The third-order valence-electron chi connectivity index (χ3n) is 4.31. The molecule has 2 atom stereocenters. The van der Waals surface area contributed by atoms with Crippen LogP contribution in [0.2, 0.25) is 0 Å². The van der Waals surface area contributed by atoms with E-state index in [2.05, 4.69) is 31.3 Å². The number of carbonyl (C=O) groups excluding carboxylic acids is 1. The largest absolute Gasteiger partial charge is 0.350 e. The van der Waals surface area contributed by atoms with E-state index in [9.17, 15) is 4.79 Å². The number of nitrogens with one attached hydrogen (secondary N) is 1. The Bertz CT molecular complexity index is 319. The Morgan fingerprint density at radius 3 is 2.22 bits per heavy atom. The highest BCUT2D eigenvalue weighted by Crippen LogP contribution is 2.66. The van der Waals surface area contributed by atoms with Gasteiger partial charge >= 0.3 is 6.03 Å². The molecule has 4 nitrogen and oxygen atoms in total. The Balaban J connectivity index is 2.80. The zero-order chi connectivity index (χ0) is 13.8. The van der Waals surface area contributed by atoms with Crippen molar-refractivity contribution >= 4 is 11.7 Å². The first-order valence-corrected chi connectivity index (χ1v) is 7.13. The van der Waals surface area contributed by atoms with E-state index in [-0.39, 0.29) is 0 Å². The van der Waals surface area contributed by atoms with Crippen molar-refractivity contribution in [1.82, 2.24) is 5.43 Å². The van der Waals surface area contributed by atoms with Gasteiger partial charge in [-0.3, -0.25) is 0 Å². The van der Waals surface area contributed by atoms with Gasteiger partial charge in [-0.2, -0.15) is 5.10 Å². The third kappa shape index (κ3) is 2.85. The SMILES string of the molecule is CCCC1(CCC)[C@@H](CC)[C@@H]1/C(C)=N\NC(N)=O. The predicted molar refractivity (Wildman–Crippen MR) is 75.3 cm³/mol. The molecule has 1 rings (SSSR count). The maximum Gasteiger partial charge on any atom is 0.332 e. The molecule has 2 amide bonds. The van der Waals surface area contributed by atoms with Crippen LogP contribution in [-0.2, 0) is 0 Å². The van der Waals surface area contributed by atoms with Crippen molar-refractivity contribution in [3.63, 3.8) is 0 Å². The second-order valence-corrected chi connectivity index (χ2v) is 5.45. The Kier molecular flexibility index (Phi) is 5.17. The highest BCUT2D eigenvalue weighted by Gasteiger charge is 2.62. The molecule has 0 unspecified atom stereocenters. The average molecular weight is 253 g/mol. The Morgan fingerprint density at radius 1 is 1.28 bits per heavy atom. The number of primary amides is 1. The first kappa shape index (κ1) is 15.0. The van der Waals surface area contributed by atoms with E-state index in [0.717, 1.165) is 11.6 Å². The van der Waals surface area contributed by atoms with Crippen molar-refractivity contribution in [3.05, 3.63) is 0 Å². The minimum absolute atomic E-state index is 0.422. The van der Waals surface area contributed by atoms with E-state index in [0.29, 0.717) is 11.3 Å². The molecular formula is C14H27N3O.